The molecule has 8 heteroatoms. The normalized spacial score (nSPS) is 18.4. The lowest BCUT2D eigenvalue weighted by atomic mass is 9.87. The van der Waals surface area contributed by atoms with Crippen LogP contribution in [0.2, 0.25) is 0 Å². The Hall–Kier alpha value is -2.25. The highest BCUT2D eigenvalue weighted by atomic mass is 35.5. The third-order valence-corrected chi connectivity index (χ3v) is 6.11. The molecule has 2 fully saturated rings. The van der Waals surface area contributed by atoms with Gasteiger partial charge in [-0.05, 0) is 69.8 Å². The van der Waals surface area contributed by atoms with Gasteiger partial charge in [0.15, 0.2) is 0 Å². The molecule has 1 aliphatic carbocycles. The second-order valence-corrected chi connectivity index (χ2v) is 7.91. The highest BCUT2D eigenvalue weighted by molar-refractivity contribution is 5.85. The van der Waals surface area contributed by atoms with Crippen LogP contribution in [-0.2, 0) is 16.9 Å². The third kappa shape index (κ3) is 4.73. The van der Waals surface area contributed by atoms with E-state index in [-0.39, 0.29) is 24.4 Å². The van der Waals surface area contributed by atoms with Gasteiger partial charge in [0.25, 0.3) is 0 Å². The lowest BCUT2D eigenvalue weighted by Gasteiger charge is -2.36. The van der Waals surface area contributed by atoms with E-state index >= 15 is 0 Å². The summed E-state index contributed by atoms with van der Waals surface area (Å²) < 4.78 is 13.5. The lowest BCUT2D eigenvalue weighted by molar-refractivity contribution is -0.132. The fraction of sp³-hybridized carbons (Fsp3) is 0.545. The summed E-state index contributed by atoms with van der Waals surface area (Å²) in [5.41, 5.74) is 0.323. The van der Waals surface area contributed by atoms with Crippen molar-refractivity contribution in [1.82, 2.24) is 20.4 Å². The maximum absolute atomic E-state index is 13.3. The molecule has 164 valence electrons. The number of benzene rings is 1. The van der Waals surface area contributed by atoms with Crippen LogP contribution >= 0.6 is 12.4 Å². The number of piperidine rings is 1. The first-order valence-electron chi connectivity index (χ1n) is 10.5. The number of methoxy groups -OCH3 is 1. The molecule has 30 heavy (non-hydrogen) atoms. The molecule has 1 saturated heterocycles. The summed E-state index contributed by atoms with van der Waals surface area (Å²) in [7, 11) is 1.65. The molecule has 0 radical (unpaired) electrons. The summed E-state index contributed by atoms with van der Waals surface area (Å²) in [6.07, 6.45) is 9.87. The summed E-state index contributed by atoms with van der Waals surface area (Å²) >= 11 is 0. The van der Waals surface area contributed by atoms with E-state index < -0.39 is 5.54 Å². The molecule has 1 aliphatic heterocycles. The van der Waals surface area contributed by atoms with Crippen LogP contribution in [0.3, 0.4) is 0 Å². The van der Waals surface area contributed by atoms with Crippen molar-refractivity contribution >= 4 is 18.3 Å². The summed E-state index contributed by atoms with van der Waals surface area (Å²) in [4.78, 5) is 13.3. The number of rotatable bonds is 7. The van der Waals surface area contributed by atoms with Crippen molar-refractivity contribution < 1.29 is 14.3 Å². The Kier molecular flexibility index (Phi) is 7.61. The van der Waals surface area contributed by atoms with Gasteiger partial charge in [-0.2, -0.15) is 5.10 Å². The second-order valence-electron chi connectivity index (χ2n) is 7.91. The Morgan fingerprint density at radius 2 is 2.07 bits per heavy atom. The lowest BCUT2D eigenvalue weighted by Crippen LogP contribution is -2.54. The maximum Gasteiger partial charge on any atom is 0.248 e. The molecule has 0 bridgehead atoms. The Balaban J connectivity index is 0.00000256. The number of carbonyl (C=O) groups excluding carboxylic acids is 1. The number of nitrogens with one attached hydrogen (secondary N) is 2. The molecular formula is C22H31ClN4O3. The minimum absolute atomic E-state index is 0. The molecule has 2 heterocycles. The topological polar surface area (TPSA) is 77.4 Å². The van der Waals surface area contributed by atoms with Crippen molar-refractivity contribution in [1.29, 1.82) is 0 Å². The first kappa shape index (κ1) is 22.4. The number of carbonyl (C=O) groups is 1. The van der Waals surface area contributed by atoms with E-state index in [0.717, 1.165) is 43.0 Å². The molecule has 0 unspecified atom stereocenters. The SMILES string of the molecule is COc1ccc(CNC(=O)C2(n3cccn3)CCNCC2)c(OC2CCCC2)c1.Cl. The van der Waals surface area contributed by atoms with Crippen LogP contribution in [0.5, 0.6) is 11.5 Å². The van der Waals surface area contributed by atoms with E-state index in [1.54, 1.807) is 13.3 Å². The van der Waals surface area contributed by atoms with E-state index in [1.165, 1.54) is 12.8 Å². The Labute approximate surface area is 183 Å². The van der Waals surface area contributed by atoms with Gasteiger partial charge in [0, 0.05) is 30.6 Å². The minimum atomic E-state index is -0.645. The molecular weight excluding hydrogens is 404 g/mol. The minimum Gasteiger partial charge on any atom is -0.497 e. The van der Waals surface area contributed by atoms with Crippen molar-refractivity contribution in [2.75, 3.05) is 20.2 Å². The predicted molar refractivity (Wildman–Crippen MR) is 117 cm³/mol. The standard InChI is InChI=1S/C22H30N4O3.ClH/c1-28-19-8-7-17(20(15-19)29-18-5-2-3-6-18)16-24-21(27)22(9-12-23-13-10-22)26-14-4-11-25-26;/h4,7-8,11,14-15,18,23H,2-3,5-6,9-10,12-13,16H2,1H3,(H,24,27);1H. The zero-order valence-electron chi connectivity index (χ0n) is 17.4. The molecule has 2 N–H and O–H groups in total. The van der Waals surface area contributed by atoms with Crippen molar-refractivity contribution in [3.63, 3.8) is 0 Å². The van der Waals surface area contributed by atoms with E-state index in [1.807, 2.05) is 35.1 Å². The van der Waals surface area contributed by atoms with Gasteiger partial charge in [0.2, 0.25) is 5.91 Å². The van der Waals surface area contributed by atoms with Gasteiger partial charge in [-0.25, -0.2) is 0 Å². The molecule has 4 rings (SSSR count). The summed E-state index contributed by atoms with van der Waals surface area (Å²) in [5.74, 6) is 1.57. The van der Waals surface area contributed by atoms with Crippen LogP contribution in [-0.4, -0.2) is 42.0 Å². The van der Waals surface area contributed by atoms with Gasteiger partial charge in [0.1, 0.15) is 17.0 Å². The van der Waals surface area contributed by atoms with Gasteiger partial charge in [-0.15, -0.1) is 12.4 Å². The maximum atomic E-state index is 13.3. The Morgan fingerprint density at radius 1 is 1.30 bits per heavy atom. The molecule has 1 amide bonds. The van der Waals surface area contributed by atoms with Gasteiger partial charge in [-0.3, -0.25) is 9.48 Å². The average Bonchev–Trinajstić information content (AvgIpc) is 3.47. The molecule has 2 aliphatic rings. The van der Waals surface area contributed by atoms with Crippen molar-refractivity contribution in [2.45, 2.75) is 56.7 Å². The monoisotopic (exact) mass is 434 g/mol. The number of hydrogen-bond acceptors (Lipinski definition) is 5. The molecule has 7 nitrogen and oxygen atoms in total. The summed E-state index contributed by atoms with van der Waals surface area (Å²) in [6, 6.07) is 7.69. The van der Waals surface area contributed by atoms with Gasteiger partial charge in [0.05, 0.1) is 13.2 Å². The highest BCUT2D eigenvalue weighted by Gasteiger charge is 2.41. The summed E-state index contributed by atoms with van der Waals surface area (Å²) in [5, 5.41) is 10.9. The predicted octanol–water partition coefficient (Wildman–Crippen LogP) is 3.03. The van der Waals surface area contributed by atoms with Gasteiger partial charge in [-0.1, -0.05) is 0 Å². The molecule has 0 spiro atoms. The van der Waals surface area contributed by atoms with E-state index in [0.29, 0.717) is 19.4 Å². The zero-order valence-corrected chi connectivity index (χ0v) is 18.2. The summed E-state index contributed by atoms with van der Waals surface area (Å²) in [6.45, 7) is 2.01. The number of aromatic nitrogens is 2. The first-order valence-corrected chi connectivity index (χ1v) is 10.5. The van der Waals surface area contributed by atoms with Crippen LogP contribution in [0.4, 0.5) is 0 Å². The van der Waals surface area contributed by atoms with E-state index in [4.69, 9.17) is 9.47 Å². The number of hydrogen-bond donors (Lipinski definition) is 2. The number of halogens is 1. The first-order chi connectivity index (χ1) is 14.2. The Bertz CT molecular complexity index is 816. The van der Waals surface area contributed by atoms with Crippen molar-refractivity contribution in [3.8, 4) is 11.5 Å². The Morgan fingerprint density at radius 3 is 2.73 bits per heavy atom. The van der Waals surface area contributed by atoms with Gasteiger partial charge < -0.3 is 20.1 Å². The average molecular weight is 435 g/mol. The van der Waals surface area contributed by atoms with Crippen LogP contribution in [0, 0.1) is 0 Å². The third-order valence-electron chi connectivity index (χ3n) is 6.11. The van der Waals surface area contributed by atoms with Crippen LogP contribution in [0.15, 0.2) is 36.7 Å². The fourth-order valence-corrected chi connectivity index (χ4v) is 4.37. The van der Waals surface area contributed by atoms with E-state index in [2.05, 4.69) is 15.7 Å². The molecule has 1 aromatic carbocycles. The van der Waals surface area contributed by atoms with Crippen LogP contribution < -0.4 is 20.1 Å². The fourth-order valence-electron chi connectivity index (χ4n) is 4.37. The zero-order chi connectivity index (χ0) is 20.1. The highest BCUT2D eigenvalue weighted by Crippen LogP contribution is 2.31. The van der Waals surface area contributed by atoms with Crippen LogP contribution in [0.25, 0.3) is 0 Å². The quantitative estimate of drug-likeness (QED) is 0.700. The molecule has 1 saturated carbocycles. The smallest absolute Gasteiger partial charge is 0.248 e. The number of ether oxygens (including phenoxy) is 2. The molecule has 1 aromatic heterocycles. The van der Waals surface area contributed by atoms with E-state index in [9.17, 15) is 4.79 Å². The van der Waals surface area contributed by atoms with Crippen molar-refractivity contribution in [2.24, 2.45) is 0 Å². The second kappa shape index (κ2) is 10.2. The van der Waals surface area contributed by atoms with Crippen LogP contribution in [0.1, 0.15) is 44.1 Å². The van der Waals surface area contributed by atoms with Gasteiger partial charge >= 0.3 is 0 Å². The molecule has 0 atom stereocenters. The molecule has 2 aromatic rings. The number of amides is 1. The number of nitrogens with zero attached hydrogens (tertiary/aromatic N) is 2. The van der Waals surface area contributed by atoms with Crippen molar-refractivity contribution in [3.05, 3.63) is 42.2 Å². The largest absolute Gasteiger partial charge is 0.497 e.